The minimum Gasteiger partial charge on any atom is -0.460 e. The van der Waals surface area contributed by atoms with Crippen LogP contribution in [0.1, 0.15) is 22.8 Å². The van der Waals surface area contributed by atoms with Gasteiger partial charge < -0.3 is 9.47 Å². The average Bonchev–Trinajstić information content (AvgIpc) is 2.32. The molecule has 0 saturated carbocycles. The van der Waals surface area contributed by atoms with E-state index in [-0.39, 0.29) is 17.1 Å². The molecule has 0 spiro atoms. The predicted octanol–water partition coefficient (Wildman–Crippen LogP) is 2.12. The Labute approximate surface area is 116 Å². The highest BCUT2D eigenvalue weighted by Crippen LogP contribution is 2.19. The largest absolute Gasteiger partial charge is 0.460 e. The van der Waals surface area contributed by atoms with Gasteiger partial charge in [0.05, 0.1) is 17.1 Å². The lowest BCUT2D eigenvalue weighted by molar-refractivity contribution is 0.0335. The molecule has 7 heteroatoms. The van der Waals surface area contributed by atoms with Crippen LogP contribution >= 0.6 is 10.7 Å². The molecule has 0 unspecified atom stereocenters. The summed E-state index contributed by atoms with van der Waals surface area (Å²) in [6.07, 6.45) is 0. The smallest absolute Gasteiger partial charge is 0.338 e. The zero-order valence-corrected chi connectivity index (χ0v) is 12.3. The van der Waals surface area contributed by atoms with Crippen LogP contribution in [0.4, 0.5) is 0 Å². The average molecular weight is 307 g/mol. The monoisotopic (exact) mass is 306 g/mol. The highest BCUT2D eigenvalue weighted by molar-refractivity contribution is 8.13. The van der Waals surface area contributed by atoms with E-state index in [9.17, 15) is 13.2 Å². The number of esters is 1. The van der Waals surface area contributed by atoms with E-state index in [0.717, 1.165) is 0 Å². The van der Waals surface area contributed by atoms with Crippen molar-refractivity contribution in [1.29, 1.82) is 0 Å². The Hall–Kier alpha value is -1.11. The maximum Gasteiger partial charge on any atom is 0.338 e. The molecule has 5 nitrogen and oxygen atoms in total. The first-order valence-corrected chi connectivity index (χ1v) is 7.96. The number of aryl methyl sites for hydroxylation is 1. The molecule has 19 heavy (non-hydrogen) atoms. The van der Waals surface area contributed by atoms with Crippen LogP contribution in [0.5, 0.6) is 0 Å². The Morgan fingerprint density at radius 3 is 2.53 bits per heavy atom. The van der Waals surface area contributed by atoms with Gasteiger partial charge in [0.1, 0.15) is 6.61 Å². The van der Waals surface area contributed by atoms with Crippen molar-refractivity contribution < 1.29 is 22.7 Å². The first kappa shape index (κ1) is 15.9. The fraction of sp³-hybridized carbons (Fsp3) is 0.417. The van der Waals surface area contributed by atoms with E-state index in [1.165, 1.54) is 18.2 Å². The van der Waals surface area contributed by atoms with Crippen LogP contribution in [0, 0.1) is 6.92 Å². The van der Waals surface area contributed by atoms with Crippen molar-refractivity contribution in [3.63, 3.8) is 0 Å². The summed E-state index contributed by atoms with van der Waals surface area (Å²) in [6.45, 7) is 4.46. The normalized spacial score (nSPS) is 11.3. The Balaban J connectivity index is 2.83. The summed E-state index contributed by atoms with van der Waals surface area (Å²) in [4.78, 5) is 11.6. The minimum atomic E-state index is -3.87. The number of ether oxygens (including phenoxy) is 2. The second-order valence-corrected chi connectivity index (χ2v) is 6.37. The van der Waals surface area contributed by atoms with Crippen molar-refractivity contribution >= 4 is 25.7 Å². The Morgan fingerprint density at radius 1 is 1.26 bits per heavy atom. The van der Waals surface area contributed by atoms with Crippen molar-refractivity contribution in [2.75, 3.05) is 19.8 Å². The molecule has 0 aliphatic carbocycles. The second-order valence-electron chi connectivity index (χ2n) is 3.81. The highest BCUT2D eigenvalue weighted by atomic mass is 35.7. The lowest BCUT2D eigenvalue weighted by Crippen LogP contribution is -2.11. The summed E-state index contributed by atoms with van der Waals surface area (Å²) >= 11 is 0. The van der Waals surface area contributed by atoms with E-state index in [1.54, 1.807) is 6.92 Å². The third-order valence-electron chi connectivity index (χ3n) is 2.23. The van der Waals surface area contributed by atoms with E-state index in [4.69, 9.17) is 20.2 Å². The van der Waals surface area contributed by atoms with Crippen molar-refractivity contribution in [2.24, 2.45) is 0 Å². The quantitative estimate of drug-likeness (QED) is 0.457. The number of rotatable bonds is 6. The highest BCUT2D eigenvalue weighted by Gasteiger charge is 2.15. The third-order valence-corrected chi connectivity index (χ3v) is 3.57. The molecule has 106 valence electrons. The summed E-state index contributed by atoms with van der Waals surface area (Å²) < 4.78 is 32.5. The molecule has 0 aliphatic heterocycles. The molecule has 0 aliphatic rings. The molecule has 0 amide bonds. The van der Waals surface area contributed by atoms with Gasteiger partial charge in [0.2, 0.25) is 0 Å². The molecule has 0 fully saturated rings. The number of carbonyl (C=O) groups excluding carboxylic acids is 1. The van der Waals surface area contributed by atoms with Crippen LogP contribution in [0.15, 0.2) is 23.1 Å². The van der Waals surface area contributed by atoms with E-state index in [1.807, 2.05) is 6.92 Å². The topological polar surface area (TPSA) is 69.7 Å². The SMILES string of the molecule is CCOCCOC(=O)c1cc(C)cc(S(=O)(=O)Cl)c1. The molecule has 0 aromatic heterocycles. The maximum absolute atomic E-state index is 11.7. The first-order chi connectivity index (χ1) is 8.84. The summed E-state index contributed by atoms with van der Waals surface area (Å²) in [5, 5.41) is 0. The van der Waals surface area contributed by atoms with Crippen LogP contribution in [0.3, 0.4) is 0 Å². The van der Waals surface area contributed by atoms with Gasteiger partial charge in [-0.1, -0.05) is 0 Å². The molecule has 0 atom stereocenters. The van der Waals surface area contributed by atoms with Gasteiger partial charge in [-0.15, -0.1) is 0 Å². The molecule has 1 aromatic rings. The van der Waals surface area contributed by atoms with Gasteiger partial charge in [-0.2, -0.15) is 0 Å². The van der Waals surface area contributed by atoms with Crippen molar-refractivity contribution in [1.82, 2.24) is 0 Å². The van der Waals surface area contributed by atoms with Gasteiger partial charge >= 0.3 is 5.97 Å². The summed E-state index contributed by atoms with van der Waals surface area (Å²) in [5.41, 5.74) is 0.759. The molecule has 0 radical (unpaired) electrons. The molecule has 0 N–H and O–H groups in total. The number of halogens is 1. The van der Waals surface area contributed by atoms with Crippen LogP contribution in [-0.4, -0.2) is 34.2 Å². The molecular weight excluding hydrogens is 292 g/mol. The van der Waals surface area contributed by atoms with Crippen molar-refractivity contribution in [2.45, 2.75) is 18.7 Å². The number of hydrogen-bond acceptors (Lipinski definition) is 5. The Morgan fingerprint density at radius 2 is 1.95 bits per heavy atom. The fourth-order valence-corrected chi connectivity index (χ4v) is 2.29. The van der Waals surface area contributed by atoms with E-state index in [2.05, 4.69) is 0 Å². The van der Waals surface area contributed by atoms with Gasteiger partial charge in [0.25, 0.3) is 9.05 Å². The molecule has 0 heterocycles. The van der Waals surface area contributed by atoms with Crippen LogP contribution in [0.2, 0.25) is 0 Å². The molecule has 0 saturated heterocycles. The standard InChI is InChI=1S/C12H15ClO5S/c1-3-17-4-5-18-12(14)10-6-9(2)7-11(8-10)19(13,15)16/h6-8H,3-5H2,1-2H3. The third kappa shape index (κ3) is 5.18. The van der Waals surface area contributed by atoms with E-state index in [0.29, 0.717) is 18.8 Å². The van der Waals surface area contributed by atoms with Gasteiger partial charge in [-0.25, -0.2) is 13.2 Å². The fourth-order valence-electron chi connectivity index (χ4n) is 1.43. The molecule has 1 rings (SSSR count). The Kier molecular flexibility index (Phi) is 5.78. The second kappa shape index (κ2) is 6.88. The molecular formula is C12H15ClO5S. The van der Waals surface area contributed by atoms with Crippen LogP contribution < -0.4 is 0 Å². The maximum atomic E-state index is 11.7. The van der Waals surface area contributed by atoms with Gasteiger partial charge in [-0.3, -0.25) is 0 Å². The Bertz CT molecular complexity index is 553. The number of hydrogen-bond donors (Lipinski definition) is 0. The summed E-state index contributed by atoms with van der Waals surface area (Å²) in [6, 6.07) is 4.12. The van der Waals surface area contributed by atoms with Crippen molar-refractivity contribution in [3.05, 3.63) is 29.3 Å². The van der Waals surface area contributed by atoms with E-state index >= 15 is 0 Å². The lowest BCUT2D eigenvalue weighted by Gasteiger charge is -2.07. The predicted molar refractivity (Wildman–Crippen MR) is 71.0 cm³/mol. The van der Waals surface area contributed by atoms with Crippen molar-refractivity contribution in [3.8, 4) is 0 Å². The van der Waals surface area contributed by atoms with Crippen LogP contribution in [-0.2, 0) is 18.5 Å². The number of carbonyl (C=O) groups is 1. The summed E-state index contributed by atoms with van der Waals surface area (Å²) in [5.74, 6) is -0.607. The van der Waals surface area contributed by atoms with Crippen LogP contribution in [0.25, 0.3) is 0 Å². The molecule has 0 bridgehead atoms. The zero-order valence-electron chi connectivity index (χ0n) is 10.7. The van der Waals surface area contributed by atoms with E-state index < -0.39 is 15.0 Å². The first-order valence-electron chi connectivity index (χ1n) is 5.66. The zero-order chi connectivity index (χ0) is 14.5. The number of benzene rings is 1. The lowest BCUT2D eigenvalue weighted by atomic mass is 10.1. The van der Waals surface area contributed by atoms with Gasteiger partial charge in [0, 0.05) is 17.3 Å². The van der Waals surface area contributed by atoms with Gasteiger partial charge in [0.15, 0.2) is 0 Å². The van der Waals surface area contributed by atoms with Gasteiger partial charge in [-0.05, 0) is 37.6 Å². The minimum absolute atomic E-state index is 0.115. The summed E-state index contributed by atoms with van der Waals surface area (Å²) in [7, 11) is 1.38. The molecule has 1 aromatic carbocycles.